The molecule has 9 heteroatoms. The number of esters is 1. The molecule has 0 aliphatic carbocycles. The Balaban J connectivity index is 2.39. The van der Waals surface area contributed by atoms with Gasteiger partial charge in [0.25, 0.3) is 11.6 Å². The second-order valence-corrected chi connectivity index (χ2v) is 6.10. The molecule has 1 heterocycles. The maximum absolute atomic E-state index is 12.4. The number of thiophene rings is 1. The number of amides is 1. The van der Waals surface area contributed by atoms with Gasteiger partial charge in [0, 0.05) is 17.2 Å². The Labute approximate surface area is 146 Å². The molecule has 0 aliphatic rings. The van der Waals surface area contributed by atoms with Gasteiger partial charge in [-0.15, -0.1) is 11.3 Å². The van der Waals surface area contributed by atoms with Gasteiger partial charge < -0.3 is 10.1 Å². The molecule has 0 fully saturated rings. The predicted molar refractivity (Wildman–Crippen MR) is 90.9 cm³/mol. The summed E-state index contributed by atoms with van der Waals surface area (Å²) in [5, 5.41) is 23.0. The summed E-state index contributed by atoms with van der Waals surface area (Å²) < 4.78 is 4.65. The smallest absolute Gasteiger partial charge is 0.348 e. The van der Waals surface area contributed by atoms with Gasteiger partial charge in [0.2, 0.25) is 0 Å². The SMILES string of the molecule is COC(=O)c1sc(NC(=O)c2ccc(C)c([N+](=O)[O-])c2)c(C#N)c1C. The Kier molecular flexibility index (Phi) is 5.14. The number of nitriles is 1. The molecule has 0 saturated heterocycles. The molecule has 1 aromatic heterocycles. The summed E-state index contributed by atoms with van der Waals surface area (Å²) in [6.07, 6.45) is 0. The Morgan fingerprint density at radius 2 is 2.04 bits per heavy atom. The van der Waals surface area contributed by atoms with Crippen LogP contribution in [0.25, 0.3) is 0 Å². The van der Waals surface area contributed by atoms with E-state index >= 15 is 0 Å². The monoisotopic (exact) mass is 359 g/mol. The third-order valence-corrected chi connectivity index (χ3v) is 4.71. The number of nitrogens with zero attached hydrogens (tertiary/aromatic N) is 2. The number of nitro groups is 1. The molecule has 1 aromatic carbocycles. The number of ether oxygens (including phenoxy) is 1. The third kappa shape index (κ3) is 3.49. The summed E-state index contributed by atoms with van der Waals surface area (Å²) in [5.74, 6) is -1.22. The van der Waals surface area contributed by atoms with Gasteiger partial charge in [-0.2, -0.15) is 5.26 Å². The van der Waals surface area contributed by atoms with Crippen molar-refractivity contribution in [2.24, 2.45) is 0 Å². The van der Waals surface area contributed by atoms with Crippen LogP contribution in [0.15, 0.2) is 18.2 Å². The van der Waals surface area contributed by atoms with Crippen LogP contribution >= 0.6 is 11.3 Å². The first-order valence-electron chi connectivity index (χ1n) is 6.98. The molecule has 1 amide bonds. The first-order valence-corrected chi connectivity index (χ1v) is 7.80. The Morgan fingerprint density at radius 1 is 1.36 bits per heavy atom. The zero-order valence-corrected chi connectivity index (χ0v) is 14.4. The topological polar surface area (TPSA) is 122 Å². The van der Waals surface area contributed by atoms with E-state index in [1.807, 2.05) is 6.07 Å². The molecule has 8 nitrogen and oxygen atoms in total. The predicted octanol–water partition coefficient (Wildman–Crippen LogP) is 3.18. The molecule has 0 aliphatic heterocycles. The zero-order chi connectivity index (χ0) is 18.7. The summed E-state index contributed by atoms with van der Waals surface area (Å²) in [6.45, 7) is 3.15. The molecule has 0 saturated carbocycles. The van der Waals surface area contributed by atoms with Gasteiger partial charge in [-0.05, 0) is 25.5 Å². The van der Waals surface area contributed by atoms with E-state index in [2.05, 4.69) is 10.1 Å². The highest BCUT2D eigenvalue weighted by Crippen LogP contribution is 2.33. The summed E-state index contributed by atoms with van der Waals surface area (Å²) >= 11 is 0.917. The van der Waals surface area contributed by atoms with E-state index in [4.69, 9.17) is 0 Å². The quantitative estimate of drug-likeness (QED) is 0.508. The van der Waals surface area contributed by atoms with Crippen LogP contribution in [0.2, 0.25) is 0 Å². The van der Waals surface area contributed by atoms with Crippen molar-refractivity contribution >= 4 is 33.9 Å². The molecule has 0 spiro atoms. The lowest BCUT2D eigenvalue weighted by Crippen LogP contribution is -2.12. The molecule has 1 N–H and O–H groups in total. The summed E-state index contributed by atoms with van der Waals surface area (Å²) in [4.78, 5) is 34.7. The van der Waals surface area contributed by atoms with Crippen LogP contribution in [-0.2, 0) is 4.74 Å². The molecule has 128 valence electrons. The molecular weight excluding hydrogens is 346 g/mol. The highest BCUT2D eigenvalue weighted by Gasteiger charge is 2.23. The van der Waals surface area contributed by atoms with E-state index in [0.29, 0.717) is 11.1 Å². The molecule has 25 heavy (non-hydrogen) atoms. The van der Waals surface area contributed by atoms with Crippen molar-refractivity contribution in [1.29, 1.82) is 5.26 Å². The van der Waals surface area contributed by atoms with Gasteiger partial charge in [-0.25, -0.2) is 4.79 Å². The number of hydrogen-bond acceptors (Lipinski definition) is 7. The van der Waals surface area contributed by atoms with Crippen molar-refractivity contribution < 1.29 is 19.2 Å². The first-order chi connectivity index (χ1) is 11.8. The lowest BCUT2D eigenvalue weighted by Gasteiger charge is -2.04. The van der Waals surface area contributed by atoms with Gasteiger partial charge in [-0.1, -0.05) is 6.07 Å². The fourth-order valence-electron chi connectivity index (χ4n) is 2.15. The largest absolute Gasteiger partial charge is 0.465 e. The summed E-state index contributed by atoms with van der Waals surface area (Å²) in [6, 6.07) is 6.02. The Hall–Kier alpha value is -3.25. The minimum atomic E-state index is -0.614. The summed E-state index contributed by atoms with van der Waals surface area (Å²) in [7, 11) is 1.22. The van der Waals surface area contributed by atoms with Crippen molar-refractivity contribution in [3.63, 3.8) is 0 Å². The minimum Gasteiger partial charge on any atom is -0.465 e. The molecule has 2 rings (SSSR count). The number of carbonyl (C=O) groups excluding carboxylic acids is 2. The first kappa shape index (κ1) is 18.1. The highest BCUT2D eigenvalue weighted by atomic mass is 32.1. The van der Waals surface area contributed by atoms with Gasteiger partial charge >= 0.3 is 5.97 Å². The number of methoxy groups -OCH3 is 1. The zero-order valence-electron chi connectivity index (χ0n) is 13.6. The molecule has 0 unspecified atom stereocenters. The highest BCUT2D eigenvalue weighted by molar-refractivity contribution is 7.18. The lowest BCUT2D eigenvalue weighted by molar-refractivity contribution is -0.385. The summed E-state index contributed by atoms with van der Waals surface area (Å²) in [5.41, 5.74) is 0.890. The normalized spacial score (nSPS) is 10.0. The Bertz CT molecular complexity index is 927. The number of aryl methyl sites for hydroxylation is 1. The average Bonchev–Trinajstić information content (AvgIpc) is 2.89. The van der Waals surface area contributed by atoms with Crippen molar-refractivity contribution in [1.82, 2.24) is 0 Å². The fourth-order valence-corrected chi connectivity index (χ4v) is 3.22. The van der Waals surface area contributed by atoms with Crippen molar-refractivity contribution in [2.75, 3.05) is 12.4 Å². The van der Waals surface area contributed by atoms with Crippen molar-refractivity contribution in [3.05, 3.63) is 55.4 Å². The standard InChI is InChI=1S/C16H13N3O5S/c1-8-4-5-10(6-12(8)19(22)23)14(20)18-15-11(7-17)9(2)13(25-15)16(21)24-3/h4-6H,1-3H3,(H,18,20). The van der Waals surface area contributed by atoms with Gasteiger partial charge in [-0.3, -0.25) is 14.9 Å². The lowest BCUT2D eigenvalue weighted by atomic mass is 10.1. The van der Waals surface area contributed by atoms with E-state index in [9.17, 15) is 25.0 Å². The van der Waals surface area contributed by atoms with E-state index in [1.165, 1.54) is 25.3 Å². The van der Waals surface area contributed by atoms with Crippen LogP contribution in [0.4, 0.5) is 10.7 Å². The van der Waals surface area contributed by atoms with E-state index < -0.39 is 16.8 Å². The number of benzene rings is 1. The number of carbonyl (C=O) groups is 2. The van der Waals surface area contributed by atoms with Crippen LogP contribution in [0.5, 0.6) is 0 Å². The fraction of sp³-hybridized carbons (Fsp3) is 0.188. The Morgan fingerprint density at radius 3 is 2.60 bits per heavy atom. The van der Waals surface area contributed by atoms with Crippen molar-refractivity contribution in [3.8, 4) is 6.07 Å². The second-order valence-electron chi connectivity index (χ2n) is 5.08. The van der Waals surface area contributed by atoms with Crippen LogP contribution in [0, 0.1) is 35.3 Å². The molecular formula is C16H13N3O5S. The molecule has 0 radical (unpaired) electrons. The minimum absolute atomic E-state index is 0.0758. The number of hydrogen-bond donors (Lipinski definition) is 1. The van der Waals surface area contributed by atoms with Crippen molar-refractivity contribution in [2.45, 2.75) is 13.8 Å². The van der Waals surface area contributed by atoms with Gasteiger partial charge in [0.05, 0.1) is 17.6 Å². The van der Waals surface area contributed by atoms with E-state index in [1.54, 1.807) is 13.8 Å². The number of anilines is 1. The number of nitro benzene ring substituents is 1. The van der Waals surface area contributed by atoms with Gasteiger partial charge in [0.15, 0.2) is 0 Å². The van der Waals surface area contributed by atoms with Crippen LogP contribution in [0.1, 0.15) is 36.7 Å². The van der Waals surface area contributed by atoms with E-state index in [-0.39, 0.29) is 26.7 Å². The molecule has 0 atom stereocenters. The molecule has 2 aromatic rings. The van der Waals surface area contributed by atoms with Crippen LogP contribution in [-0.4, -0.2) is 23.9 Å². The molecule has 0 bridgehead atoms. The number of nitrogens with one attached hydrogen (secondary N) is 1. The average molecular weight is 359 g/mol. The van der Waals surface area contributed by atoms with Crippen LogP contribution < -0.4 is 5.32 Å². The maximum Gasteiger partial charge on any atom is 0.348 e. The second kappa shape index (κ2) is 7.11. The van der Waals surface area contributed by atoms with Crippen LogP contribution in [0.3, 0.4) is 0 Å². The van der Waals surface area contributed by atoms with Gasteiger partial charge in [0.1, 0.15) is 15.9 Å². The third-order valence-electron chi connectivity index (χ3n) is 3.52. The van der Waals surface area contributed by atoms with E-state index in [0.717, 1.165) is 11.3 Å². The number of rotatable bonds is 4. The maximum atomic E-state index is 12.4.